The quantitative estimate of drug-likeness (QED) is 0.117. The number of aryl methyl sites for hydroxylation is 1. The summed E-state index contributed by atoms with van der Waals surface area (Å²) < 4.78 is 42.0. The molecule has 1 aromatic heterocycles. The van der Waals surface area contributed by atoms with E-state index in [9.17, 15) is 14.2 Å². The fraction of sp³-hybridized carbons (Fsp3) is 0.231. The maximum Gasteiger partial charge on any atom is 0.455 e. The third-order valence-corrected chi connectivity index (χ3v) is 15.3. The molecule has 258 valence electrons. The minimum atomic E-state index is -3.98. The van der Waals surface area contributed by atoms with E-state index in [0.717, 1.165) is 10.4 Å². The summed E-state index contributed by atoms with van der Waals surface area (Å²) in [5.41, 5.74) is -0.684. The van der Waals surface area contributed by atoms with Crippen LogP contribution in [0.4, 0.5) is 0 Å². The number of ether oxygens (including phenoxy) is 1. The fourth-order valence-corrected chi connectivity index (χ4v) is 12.4. The molecule has 1 N–H and O–H groups in total. The molecule has 6 rings (SSSR count). The van der Waals surface area contributed by atoms with Gasteiger partial charge in [0, 0.05) is 18.2 Å². The van der Waals surface area contributed by atoms with Crippen molar-refractivity contribution in [1.82, 2.24) is 9.55 Å². The number of para-hydroxylation sites is 2. The molecule has 0 amide bonds. The molecule has 9 nitrogen and oxygen atoms in total. The van der Waals surface area contributed by atoms with Crippen LogP contribution in [0.3, 0.4) is 0 Å². The number of hydrogen-bond acceptors (Lipinski definition) is 7. The zero-order chi connectivity index (χ0) is 35.4. The van der Waals surface area contributed by atoms with E-state index >= 15 is 0 Å². The van der Waals surface area contributed by atoms with Crippen molar-refractivity contribution in [2.45, 2.75) is 57.6 Å². The van der Waals surface area contributed by atoms with Crippen LogP contribution < -0.4 is 30.7 Å². The third-order valence-electron chi connectivity index (χ3n) is 8.73. The van der Waals surface area contributed by atoms with Gasteiger partial charge in [-0.1, -0.05) is 118 Å². The number of aromatic amines is 1. The molecule has 1 aliphatic heterocycles. The van der Waals surface area contributed by atoms with E-state index in [1.807, 2.05) is 48.5 Å². The fourth-order valence-electron chi connectivity index (χ4n) is 6.37. The van der Waals surface area contributed by atoms with E-state index in [1.54, 1.807) is 61.5 Å². The van der Waals surface area contributed by atoms with Gasteiger partial charge in [-0.25, -0.2) is 9.36 Å². The van der Waals surface area contributed by atoms with Crippen molar-refractivity contribution in [3.8, 4) is 11.5 Å². The standard InChI is InChI=1S/C39H41N2O7PSi/c1-29-28-41(38(43)40-37(29)42)36-27-35(48-50(39(2,3)4,32-21-13-7-14-22-32)33-23-15-8-16-24-33)34(45-36)25-26-49(44,46-30-17-9-5-10-18-30)47-31-19-11-6-12-20-31/h5-26,28,34-36H,27H2,1-4H3,(H,40,42,43)/b26-25+/t34-,35+,36-/m1/s1. The first-order valence-corrected chi connectivity index (χ1v) is 20.0. The van der Waals surface area contributed by atoms with Gasteiger partial charge >= 0.3 is 13.3 Å². The Morgan fingerprint density at radius 2 is 1.28 bits per heavy atom. The molecule has 1 fully saturated rings. The van der Waals surface area contributed by atoms with Crippen LogP contribution in [0.15, 0.2) is 149 Å². The number of nitrogens with zero attached hydrogens (tertiary/aromatic N) is 1. The molecular formula is C39H41N2O7PSi. The summed E-state index contributed by atoms with van der Waals surface area (Å²) in [6, 6.07) is 38.1. The summed E-state index contributed by atoms with van der Waals surface area (Å²) in [5.74, 6) is 2.15. The highest BCUT2D eigenvalue weighted by molar-refractivity contribution is 7.58. The molecule has 0 saturated carbocycles. The second kappa shape index (κ2) is 14.6. The molecule has 11 heteroatoms. The minimum absolute atomic E-state index is 0.272. The Hall–Kier alpha value is -4.73. The highest BCUT2D eigenvalue weighted by Gasteiger charge is 2.53. The van der Waals surface area contributed by atoms with Crippen LogP contribution in [0, 0.1) is 6.92 Å². The van der Waals surface area contributed by atoms with E-state index in [4.69, 9.17) is 18.2 Å². The maximum absolute atomic E-state index is 14.5. The van der Waals surface area contributed by atoms with E-state index in [-0.39, 0.29) is 11.5 Å². The SMILES string of the molecule is Cc1cn([C@H]2C[C@H](O[Si](c3ccccc3)(c3ccccc3)C(C)(C)C)[C@@H](/C=C/P(=O)(Oc3ccccc3)Oc3ccccc3)O2)c(=O)[nH]c1=O. The molecule has 0 spiro atoms. The molecule has 1 saturated heterocycles. The normalized spacial score (nSPS) is 18.3. The maximum atomic E-state index is 14.5. The first-order chi connectivity index (χ1) is 24.0. The van der Waals surface area contributed by atoms with Crippen LogP contribution in [0.5, 0.6) is 11.5 Å². The van der Waals surface area contributed by atoms with Gasteiger partial charge in [0.1, 0.15) is 23.8 Å². The van der Waals surface area contributed by atoms with Crippen LogP contribution >= 0.6 is 7.60 Å². The van der Waals surface area contributed by atoms with Gasteiger partial charge in [0.05, 0.1) is 11.9 Å². The van der Waals surface area contributed by atoms with Gasteiger partial charge in [-0.2, -0.15) is 0 Å². The van der Waals surface area contributed by atoms with Gasteiger partial charge in [-0.15, -0.1) is 0 Å². The largest absolute Gasteiger partial charge is 0.455 e. The van der Waals surface area contributed by atoms with Crippen LogP contribution in [0.1, 0.15) is 39.0 Å². The lowest BCUT2D eigenvalue weighted by molar-refractivity contribution is 0.00682. The van der Waals surface area contributed by atoms with Gasteiger partial charge in [-0.05, 0) is 52.7 Å². The Morgan fingerprint density at radius 1 is 0.800 bits per heavy atom. The Kier molecular flexibility index (Phi) is 10.3. The van der Waals surface area contributed by atoms with Gasteiger partial charge in [0.15, 0.2) is 0 Å². The van der Waals surface area contributed by atoms with E-state index in [1.165, 1.54) is 16.6 Å². The molecule has 3 atom stereocenters. The molecule has 50 heavy (non-hydrogen) atoms. The van der Waals surface area contributed by atoms with Gasteiger partial charge in [0.2, 0.25) is 0 Å². The van der Waals surface area contributed by atoms with Crippen molar-refractivity contribution in [3.63, 3.8) is 0 Å². The first kappa shape index (κ1) is 35.1. The van der Waals surface area contributed by atoms with Crippen LogP contribution in [-0.4, -0.2) is 30.1 Å². The topological polar surface area (TPSA) is 109 Å². The lowest BCUT2D eigenvalue weighted by Gasteiger charge is -2.45. The lowest BCUT2D eigenvalue weighted by Crippen LogP contribution is -2.68. The van der Waals surface area contributed by atoms with Gasteiger partial charge in [0.25, 0.3) is 13.9 Å². The predicted molar refractivity (Wildman–Crippen MR) is 198 cm³/mol. The average molecular weight is 709 g/mol. The van der Waals surface area contributed by atoms with Crippen molar-refractivity contribution in [2.24, 2.45) is 0 Å². The molecule has 2 heterocycles. The Morgan fingerprint density at radius 3 is 1.76 bits per heavy atom. The van der Waals surface area contributed by atoms with E-state index in [0.29, 0.717) is 17.1 Å². The van der Waals surface area contributed by atoms with E-state index in [2.05, 4.69) is 50.0 Å². The molecule has 0 unspecified atom stereocenters. The number of hydrogen-bond donors (Lipinski definition) is 1. The number of aromatic nitrogens is 2. The summed E-state index contributed by atoms with van der Waals surface area (Å²) in [6.45, 7) is 8.18. The monoisotopic (exact) mass is 708 g/mol. The van der Waals surface area contributed by atoms with Crippen molar-refractivity contribution in [3.05, 3.63) is 166 Å². The molecule has 0 bridgehead atoms. The Balaban J connectivity index is 1.45. The van der Waals surface area contributed by atoms with Crippen LogP contribution in [0.2, 0.25) is 5.04 Å². The van der Waals surface area contributed by atoms with Crippen LogP contribution in [-0.2, 0) is 13.7 Å². The first-order valence-electron chi connectivity index (χ1n) is 16.5. The van der Waals surface area contributed by atoms with Crippen molar-refractivity contribution in [2.75, 3.05) is 0 Å². The number of benzene rings is 4. The molecule has 0 aliphatic carbocycles. The van der Waals surface area contributed by atoms with E-state index < -0.39 is 45.6 Å². The summed E-state index contributed by atoms with van der Waals surface area (Å²) in [5, 5.41) is 1.80. The summed E-state index contributed by atoms with van der Waals surface area (Å²) in [7, 11) is -7.09. The highest BCUT2D eigenvalue weighted by Crippen LogP contribution is 2.51. The van der Waals surface area contributed by atoms with Gasteiger partial charge in [-0.3, -0.25) is 14.3 Å². The van der Waals surface area contributed by atoms with Crippen molar-refractivity contribution >= 4 is 26.3 Å². The second-order valence-electron chi connectivity index (χ2n) is 13.3. The molecule has 0 radical (unpaired) electrons. The average Bonchev–Trinajstić information content (AvgIpc) is 3.51. The molecular weight excluding hydrogens is 667 g/mol. The summed E-state index contributed by atoms with van der Waals surface area (Å²) in [6.07, 6.45) is 1.24. The zero-order valence-electron chi connectivity index (χ0n) is 28.5. The third kappa shape index (κ3) is 7.54. The highest BCUT2D eigenvalue weighted by atomic mass is 31.2. The van der Waals surface area contributed by atoms with Crippen molar-refractivity contribution < 1.29 is 22.8 Å². The Bertz CT molecular complexity index is 2000. The molecule has 1 aliphatic rings. The number of nitrogens with one attached hydrogen (secondary N) is 1. The van der Waals surface area contributed by atoms with Crippen LogP contribution in [0.25, 0.3) is 0 Å². The molecule has 5 aromatic rings. The predicted octanol–water partition coefficient (Wildman–Crippen LogP) is 6.94. The Labute approximate surface area is 292 Å². The molecule has 4 aromatic carbocycles. The smallest absolute Gasteiger partial charge is 0.413 e. The summed E-state index contributed by atoms with van der Waals surface area (Å²) >= 11 is 0. The summed E-state index contributed by atoms with van der Waals surface area (Å²) in [4.78, 5) is 27.7. The minimum Gasteiger partial charge on any atom is -0.413 e. The zero-order valence-corrected chi connectivity index (χ0v) is 30.4. The number of H-pyrrole nitrogens is 1. The van der Waals surface area contributed by atoms with Crippen molar-refractivity contribution in [1.29, 1.82) is 0 Å². The van der Waals surface area contributed by atoms with Gasteiger partial charge < -0.3 is 18.2 Å². The second-order valence-corrected chi connectivity index (χ2v) is 19.3. The lowest BCUT2D eigenvalue weighted by atomic mass is 10.2. The number of rotatable bonds is 11.